The van der Waals surface area contributed by atoms with Gasteiger partial charge in [0, 0.05) is 0 Å². The first kappa shape index (κ1) is 11.1. The van der Waals surface area contributed by atoms with Crippen molar-refractivity contribution in [3.63, 3.8) is 0 Å². The summed E-state index contributed by atoms with van der Waals surface area (Å²) in [6.07, 6.45) is 0.694. The molecule has 0 radical (unpaired) electrons. The SMILES string of the molecule is CCC(CO)NC(=O)c1nc(C)ns1. The van der Waals surface area contributed by atoms with Crippen molar-refractivity contribution in [2.24, 2.45) is 0 Å². The Morgan fingerprint density at radius 2 is 2.43 bits per heavy atom. The second-order valence-corrected chi connectivity index (χ2v) is 3.66. The van der Waals surface area contributed by atoms with Gasteiger partial charge in [0.25, 0.3) is 5.91 Å². The average Bonchev–Trinajstić information content (AvgIpc) is 2.61. The number of carbonyl (C=O) groups is 1. The summed E-state index contributed by atoms with van der Waals surface area (Å²) >= 11 is 1.07. The van der Waals surface area contributed by atoms with E-state index in [9.17, 15) is 4.79 Å². The molecule has 0 fully saturated rings. The van der Waals surface area contributed by atoms with Crippen LogP contribution in [0.5, 0.6) is 0 Å². The first-order valence-corrected chi connectivity index (χ1v) is 5.16. The van der Waals surface area contributed by atoms with Crippen LogP contribution in [-0.4, -0.2) is 33.0 Å². The molecule has 0 saturated carbocycles. The summed E-state index contributed by atoms with van der Waals surface area (Å²) in [5.41, 5.74) is 0. The molecule has 78 valence electrons. The van der Waals surface area contributed by atoms with Gasteiger partial charge in [-0.2, -0.15) is 4.37 Å². The summed E-state index contributed by atoms with van der Waals surface area (Å²) in [6.45, 7) is 3.57. The first-order chi connectivity index (χ1) is 6.67. The third kappa shape index (κ3) is 2.74. The number of aliphatic hydroxyl groups excluding tert-OH is 1. The lowest BCUT2D eigenvalue weighted by Crippen LogP contribution is -2.36. The summed E-state index contributed by atoms with van der Waals surface area (Å²) in [6, 6.07) is -0.202. The maximum absolute atomic E-state index is 11.5. The highest BCUT2D eigenvalue weighted by atomic mass is 32.1. The van der Waals surface area contributed by atoms with Crippen LogP contribution in [0.1, 0.15) is 29.0 Å². The first-order valence-electron chi connectivity index (χ1n) is 4.39. The minimum atomic E-state index is -0.267. The number of carbonyl (C=O) groups excluding carboxylic acids is 1. The van der Waals surface area contributed by atoms with E-state index in [1.807, 2.05) is 6.92 Å². The molecule has 0 spiro atoms. The van der Waals surface area contributed by atoms with E-state index in [1.165, 1.54) is 0 Å². The summed E-state index contributed by atoms with van der Waals surface area (Å²) in [7, 11) is 0. The van der Waals surface area contributed by atoms with Gasteiger partial charge >= 0.3 is 0 Å². The van der Waals surface area contributed by atoms with Gasteiger partial charge in [-0.3, -0.25) is 4.79 Å². The fraction of sp³-hybridized carbons (Fsp3) is 0.625. The van der Waals surface area contributed by atoms with Crippen LogP contribution in [0.2, 0.25) is 0 Å². The Hall–Kier alpha value is -1.01. The molecule has 2 N–H and O–H groups in total. The molecule has 6 heteroatoms. The van der Waals surface area contributed by atoms with Gasteiger partial charge in [-0.1, -0.05) is 6.92 Å². The zero-order valence-corrected chi connectivity index (χ0v) is 8.97. The summed E-state index contributed by atoms with van der Waals surface area (Å²) in [5, 5.41) is 11.9. The molecular weight excluding hydrogens is 202 g/mol. The smallest absolute Gasteiger partial charge is 0.282 e. The van der Waals surface area contributed by atoms with Crippen molar-refractivity contribution in [2.45, 2.75) is 26.3 Å². The summed E-state index contributed by atoms with van der Waals surface area (Å²) in [5.74, 6) is 0.327. The molecule has 1 unspecified atom stereocenters. The number of hydrogen-bond acceptors (Lipinski definition) is 5. The Labute approximate surface area is 86.3 Å². The van der Waals surface area contributed by atoms with Gasteiger partial charge < -0.3 is 10.4 Å². The monoisotopic (exact) mass is 215 g/mol. The van der Waals surface area contributed by atoms with Gasteiger partial charge in [-0.25, -0.2) is 4.98 Å². The number of hydrogen-bond donors (Lipinski definition) is 2. The maximum atomic E-state index is 11.5. The standard InChI is InChI=1S/C8H13N3O2S/c1-3-6(4-12)10-7(13)8-9-5(2)11-14-8/h6,12H,3-4H2,1-2H3,(H,10,13). The van der Waals surface area contributed by atoms with Crippen molar-refractivity contribution >= 4 is 17.4 Å². The maximum Gasteiger partial charge on any atom is 0.282 e. The van der Waals surface area contributed by atoms with Crippen LogP contribution in [0.4, 0.5) is 0 Å². The number of aliphatic hydroxyl groups is 1. The highest BCUT2D eigenvalue weighted by Gasteiger charge is 2.14. The Kier molecular flexibility index (Phi) is 3.97. The van der Waals surface area contributed by atoms with Crippen LogP contribution >= 0.6 is 11.5 Å². The van der Waals surface area contributed by atoms with Crippen molar-refractivity contribution in [1.82, 2.24) is 14.7 Å². The molecular formula is C8H13N3O2S. The fourth-order valence-corrected chi connectivity index (χ4v) is 1.49. The third-order valence-corrected chi connectivity index (χ3v) is 2.58. The summed E-state index contributed by atoms with van der Waals surface area (Å²) in [4.78, 5) is 15.4. The van der Waals surface area contributed by atoms with Gasteiger partial charge in [-0.05, 0) is 24.9 Å². The fourth-order valence-electron chi connectivity index (χ4n) is 0.913. The van der Waals surface area contributed by atoms with Crippen molar-refractivity contribution in [2.75, 3.05) is 6.61 Å². The highest BCUT2D eigenvalue weighted by Crippen LogP contribution is 2.04. The molecule has 1 aromatic heterocycles. The Morgan fingerprint density at radius 3 is 2.86 bits per heavy atom. The van der Waals surface area contributed by atoms with Gasteiger partial charge in [0.2, 0.25) is 5.01 Å². The highest BCUT2D eigenvalue weighted by molar-refractivity contribution is 7.07. The molecule has 1 amide bonds. The molecule has 0 saturated heterocycles. The number of amides is 1. The molecule has 14 heavy (non-hydrogen) atoms. The van der Waals surface area contributed by atoms with Gasteiger partial charge in [0.1, 0.15) is 5.82 Å². The van der Waals surface area contributed by atoms with Crippen molar-refractivity contribution in [1.29, 1.82) is 0 Å². The lowest BCUT2D eigenvalue weighted by molar-refractivity contribution is 0.0914. The lowest BCUT2D eigenvalue weighted by atomic mass is 10.2. The molecule has 0 bridgehead atoms. The second kappa shape index (κ2) is 5.02. The summed E-state index contributed by atoms with van der Waals surface area (Å²) < 4.78 is 3.90. The minimum Gasteiger partial charge on any atom is -0.394 e. The van der Waals surface area contributed by atoms with Crippen molar-refractivity contribution in [3.05, 3.63) is 10.8 Å². The lowest BCUT2D eigenvalue weighted by Gasteiger charge is -2.11. The van der Waals surface area contributed by atoms with Crippen LogP contribution in [0.25, 0.3) is 0 Å². The van der Waals surface area contributed by atoms with E-state index in [4.69, 9.17) is 5.11 Å². The van der Waals surface area contributed by atoms with E-state index < -0.39 is 0 Å². The van der Waals surface area contributed by atoms with Crippen molar-refractivity contribution < 1.29 is 9.90 Å². The van der Waals surface area contributed by atoms with E-state index in [0.717, 1.165) is 11.5 Å². The number of rotatable bonds is 4. The Morgan fingerprint density at radius 1 is 1.71 bits per heavy atom. The average molecular weight is 215 g/mol. The van der Waals surface area contributed by atoms with E-state index in [2.05, 4.69) is 14.7 Å². The second-order valence-electron chi connectivity index (χ2n) is 2.91. The van der Waals surface area contributed by atoms with Gasteiger partial charge in [0.15, 0.2) is 0 Å². The molecule has 1 aromatic rings. The minimum absolute atomic E-state index is 0.0555. The molecule has 0 aliphatic rings. The normalized spacial score (nSPS) is 12.5. The van der Waals surface area contributed by atoms with Crippen LogP contribution in [0.3, 0.4) is 0 Å². The zero-order valence-electron chi connectivity index (χ0n) is 8.15. The molecule has 0 aromatic carbocycles. The quantitative estimate of drug-likeness (QED) is 0.759. The number of aryl methyl sites for hydroxylation is 1. The van der Waals surface area contributed by atoms with Crippen LogP contribution in [0, 0.1) is 6.92 Å². The molecule has 1 rings (SSSR count). The van der Waals surface area contributed by atoms with E-state index in [1.54, 1.807) is 6.92 Å². The third-order valence-electron chi connectivity index (χ3n) is 1.77. The molecule has 5 nitrogen and oxygen atoms in total. The number of nitrogens with one attached hydrogen (secondary N) is 1. The Balaban J connectivity index is 2.58. The number of aromatic nitrogens is 2. The van der Waals surface area contributed by atoms with Gasteiger partial charge in [-0.15, -0.1) is 0 Å². The molecule has 1 heterocycles. The predicted molar refractivity (Wildman–Crippen MR) is 53.3 cm³/mol. The molecule has 0 aliphatic heterocycles. The number of nitrogens with zero attached hydrogens (tertiary/aromatic N) is 2. The van der Waals surface area contributed by atoms with Crippen LogP contribution in [-0.2, 0) is 0 Å². The van der Waals surface area contributed by atoms with Gasteiger partial charge in [0.05, 0.1) is 12.6 Å². The van der Waals surface area contributed by atoms with Crippen LogP contribution < -0.4 is 5.32 Å². The molecule has 0 aliphatic carbocycles. The largest absolute Gasteiger partial charge is 0.394 e. The Bertz CT molecular complexity index is 309. The van der Waals surface area contributed by atoms with E-state index in [-0.39, 0.29) is 18.6 Å². The zero-order chi connectivity index (χ0) is 10.6. The van der Waals surface area contributed by atoms with Crippen LogP contribution in [0.15, 0.2) is 0 Å². The predicted octanol–water partition coefficient (Wildman–Crippen LogP) is 0.347. The topological polar surface area (TPSA) is 75.1 Å². The van der Waals surface area contributed by atoms with E-state index >= 15 is 0 Å². The van der Waals surface area contributed by atoms with Crippen molar-refractivity contribution in [3.8, 4) is 0 Å². The molecule has 1 atom stereocenters. The van der Waals surface area contributed by atoms with E-state index in [0.29, 0.717) is 17.3 Å².